The molecule has 2 rings (SSSR count). The number of carboxylic acid groups (broad SMARTS) is 1. The number of carbonyl (C=O) groups is 2. The molecule has 1 amide bonds. The summed E-state index contributed by atoms with van der Waals surface area (Å²) in [6.45, 7) is 5.13. The van der Waals surface area contributed by atoms with Gasteiger partial charge in [-0.25, -0.2) is 0 Å². The number of hydrogen-bond donors (Lipinski definition) is 2. The van der Waals surface area contributed by atoms with Gasteiger partial charge in [-0.05, 0) is 43.9 Å². The van der Waals surface area contributed by atoms with E-state index in [1.54, 1.807) is 0 Å². The molecule has 0 aliphatic carbocycles. The van der Waals surface area contributed by atoms with E-state index >= 15 is 0 Å². The van der Waals surface area contributed by atoms with Crippen molar-refractivity contribution < 1.29 is 19.4 Å². The molecule has 0 saturated carbocycles. The molecular formula is C19H28N2O4. The molecule has 0 unspecified atom stereocenters. The summed E-state index contributed by atoms with van der Waals surface area (Å²) < 4.78 is 5.94. The summed E-state index contributed by atoms with van der Waals surface area (Å²) in [6, 6.07) is 5.56. The zero-order chi connectivity index (χ0) is 18.1. The molecule has 6 heteroatoms. The van der Waals surface area contributed by atoms with E-state index in [2.05, 4.69) is 17.1 Å². The number of aliphatic carboxylic acids is 1. The van der Waals surface area contributed by atoms with Gasteiger partial charge in [-0.1, -0.05) is 19.1 Å². The second-order valence-corrected chi connectivity index (χ2v) is 6.48. The molecule has 0 spiro atoms. The lowest BCUT2D eigenvalue weighted by atomic mass is 10.1. The third-order valence-corrected chi connectivity index (χ3v) is 4.18. The number of fused-ring (bicyclic) bond motifs is 1. The Morgan fingerprint density at radius 1 is 1.28 bits per heavy atom. The van der Waals surface area contributed by atoms with Crippen LogP contribution in [0.4, 0.5) is 0 Å². The third kappa shape index (κ3) is 6.74. The lowest BCUT2D eigenvalue weighted by molar-refractivity contribution is -0.136. The fourth-order valence-corrected chi connectivity index (χ4v) is 3.03. The topological polar surface area (TPSA) is 78.9 Å². The summed E-state index contributed by atoms with van der Waals surface area (Å²) in [5.41, 5.74) is 1.69. The Kier molecular flexibility index (Phi) is 7.73. The standard InChI is InChI=1S/C19H28N2O4/c1-2-9-21-13-16-11-15(12-19(23)24)6-7-17(16)25-10-5-3-4-8-20-18(22)14-21/h6-7,11H,2-5,8-10,12-14H2,1H3,(H,20,22)(H,23,24). The molecule has 0 bridgehead atoms. The first-order chi connectivity index (χ1) is 12.1. The second kappa shape index (κ2) is 10.0. The van der Waals surface area contributed by atoms with Crippen LogP contribution in [0.1, 0.15) is 43.7 Å². The quantitative estimate of drug-likeness (QED) is 0.872. The van der Waals surface area contributed by atoms with Crippen LogP contribution in [-0.4, -0.2) is 48.1 Å². The first-order valence-corrected chi connectivity index (χ1v) is 9.04. The average Bonchev–Trinajstić information content (AvgIpc) is 2.56. The van der Waals surface area contributed by atoms with Gasteiger partial charge in [-0.2, -0.15) is 0 Å². The van der Waals surface area contributed by atoms with Crippen LogP contribution in [0, 0.1) is 0 Å². The van der Waals surface area contributed by atoms with E-state index in [-0.39, 0.29) is 12.3 Å². The molecule has 1 aromatic carbocycles. The Hall–Kier alpha value is -2.08. The van der Waals surface area contributed by atoms with Gasteiger partial charge in [0.15, 0.2) is 0 Å². The van der Waals surface area contributed by atoms with Gasteiger partial charge < -0.3 is 15.2 Å². The van der Waals surface area contributed by atoms with Crippen molar-refractivity contribution in [3.05, 3.63) is 29.3 Å². The van der Waals surface area contributed by atoms with E-state index in [1.807, 2.05) is 18.2 Å². The van der Waals surface area contributed by atoms with Crippen molar-refractivity contribution in [1.82, 2.24) is 10.2 Å². The van der Waals surface area contributed by atoms with Crippen LogP contribution in [-0.2, 0) is 22.6 Å². The normalized spacial score (nSPS) is 17.2. The van der Waals surface area contributed by atoms with Crippen molar-refractivity contribution >= 4 is 11.9 Å². The van der Waals surface area contributed by atoms with Gasteiger partial charge in [0.25, 0.3) is 0 Å². The summed E-state index contributed by atoms with van der Waals surface area (Å²) in [4.78, 5) is 25.2. The first-order valence-electron chi connectivity index (χ1n) is 9.04. The zero-order valence-electron chi connectivity index (χ0n) is 14.9. The molecule has 1 aromatic rings. The number of carbonyl (C=O) groups excluding carboxylic acids is 1. The Morgan fingerprint density at radius 3 is 2.88 bits per heavy atom. The number of nitrogens with zero attached hydrogens (tertiary/aromatic N) is 1. The van der Waals surface area contributed by atoms with Crippen LogP contribution in [0.5, 0.6) is 5.75 Å². The fourth-order valence-electron chi connectivity index (χ4n) is 3.03. The van der Waals surface area contributed by atoms with Crippen molar-refractivity contribution in [3.8, 4) is 5.75 Å². The van der Waals surface area contributed by atoms with Gasteiger partial charge in [0.05, 0.1) is 19.6 Å². The van der Waals surface area contributed by atoms with Gasteiger partial charge in [-0.15, -0.1) is 0 Å². The Labute approximate surface area is 149 Å². The highest BCUT2D eigenvalue weighted by Crippen LogP contribution is 2.23. The molecule has 6 nitrogen and oxygen atoms in total. The van der Waals surface area contributed by atoms with Gasteiger partial charge in [-0.3, -0.25) is 14.5 Å². The van der Waals surface area contributed by atoms with Gasteiger partial charge in [0.1, 0.15) is 5.75 Å². The molecule has 0 atom stereocenters. The molecule has 0 saturated heterocycles. The van der Waals surface area contributed by atoms with Crippen molar-refractivity contribution in [2.24, 2.45) is 0 Å². The summed E-state index contributed by atoms with van der Waals surface area (Å²) in [6.07, 6.45) is 3.82. The number of ether oxygens (including phenoxy) is 1. The van der Waals surface area contributed by atoms with E-state index in [0.29, 0.717) is 26.2 Å². The monoisotopic (exact) mass is 348 g/mol. The highest BCUT2D eigenvalue weighted by molar-refractivity contribution is 5.78. The Bertz CT molecular complexity index is 589. The largest absolute Gasteiger partial charge is 0.493 e. The minimum atomic E-state index is -0.852. The average molecular weight is 348 g/mol. The smallest absolute Gasteiger partial charge is 0.307 e. The van der Waals surface area contributed by atoms with Crippen molar-refractivity contribution in [2.75, 3.05) is 26.2 Å². The predicted octanol–water partition coefficient (Wildman–Crippen LogP) is 2.20. The lowest BCUT2D eigenvalue weighted by Gasteiger charge is -2.23. The number of benzene rings is 1. The maximum absolute atomic E-state index is 12.1. The number of hydrogen-bond acceptors (Lipinski definition) is 4. The molecular weight excluding hydrogens is 320 g/mol. The van der Waals surface area contributed by atoms with E-state index in [9.17, 15) is 9.59 Å². The minimum absolute atomic E-state index is 0.0124. The van der Waals surface area contributed by atoms with Crippen LogP contribution in [0.15, 0.2) is 18.2 Å². The van der Waals surface area contributed by atoms with Crippen LogP contribution in [0.2, 0.25) is 0 Å². The zero-order valence-corrected chi connectivity index (χ0v) is 14.9. The molecule has 0 fully saturated rings. The molecule has 0 radical (unpaired) electrons. The van der Waals surface area contributed by atoms with Crippen LogP contribution in [0.3, 0.4) is 0 Å². The first kappa shape index (κ1) is 19.2. The summed E-state index contributed by atoms with van der Waals surface area (Å²) in [5, 5.41) is 12.0. The van der Waals surface area contributed by atoms with E-state index in [0.717, 1.165) is 49.1 Å². The maximum Gasteiger partial charge on any atom is 0.307 e. The maximum atomic E-state index is 12.1. The summed E-state index contributed by atoms with van der Waals surface area (Å²) in [7, 11) is 0. The van der Waals surface area contributed by atoms with E-state index in [4.69, 9.17) is 9.84 Å². The predicted molar refractivity (Wildman–Crippen MR) is 95.7 cm³/mol. The SMILES string of the molecule is CCCN1CC(=O)NCCCCCOc2ccc(CC(=O)O)cc2C1. The number of rotatable bonds is 4. The van der Waals surface area contributed by atoms with E-state index < -0.39 is 5.97 Å². The third-order valence-electron chi connectivity index (χ3n) is 4.18. The van der Waals surface area contributed by atoms with Crippen LogP contribution >= 0.6 is 0 Å². The fraction of sp³-hybridized carbons (Fsp3) is 0.579. The number of nitrogens with one attached hydrogen (secondary N) is 1. The summed E-state index contributed by atoms with van der Waals surface area (Å²) >= 11 is 0. The second-order valence-electron chi connectivity index (χ2n) is 6.48. The lowest BCUT2D eigenvalue weighted by Crippen LogP contribution is -2.37. The van der Waals surface area contributed by atoms with E-state index in [1.165, 1.54) is 0 Å². The molecule has 1 heterocycles. The van der Waals surface area contributed by atoms with Crippen molar-refractivity contribution in [3.63, 3.8) is 0 Å². The molecule has 1 aliphatic rings. The highest BCUT2D eigenvalue weighted by atomic mass is 16.5. The number of carboxylic acids is 1. The van der Waals surface area contributed by atoms with Gasteiger partial charge in [0.2, 0.25) is 5.91 Å². The molecule has 25 heavy (non-hydrogen) atoms. The molecule has 0 aromatic heterocycles. The number of amides is 1. The Balaban J connectivity index is 2.24. The van der Waals surface area contributed by atoms with Gasteiger partial charge in [0, 0.05) is 18.7 Å². The van der Waals surface area contributed by atoms with Crippen molar-refractivity contribution in [1.29, 1.82) is 0 Å². The molecule has 1 aliphatic heterocycles. The molecule has 138 valence electrons. The molecule has 2 N–H and O–H groups in total. The van der Waals surface area contributed by atoms with Crippen LogP contribution in [0.25, 0.3) is 0 Å². The van der Waals surface area contributed by atoms with Crippen LogP contribution < -0.4 is 10.1 Å². The summed E-state index contributed by atoms with van der Waals surface area (Å²) in [5.74, 6) is -0.0259. The minimum Gasteiger partial charge on any atom is -0.493 e. The van der Waals surface area contributed by atoms with Crippen molar-refractivity contribution in [2.45, 2.75) is 45.6 Å². The Morgan fingerprint density at radius 2 is 2.12 bits per heavy atom. The highest BCUT2D eigenvalue weighted by Gasteiger charge is 2.15. The van der Waals surface area contributed by atoms with Gasteiger partial charge >= 0.3 is 5.97 Å².